The summed E-state index contributed by atoms with van der Waals surface area (Å²) in [4.78, 5) is 14.0. The highest BCUT2D eigenvalue weighted by Crippen LogP contribution is 2.19. The molecule has 1 aliphatic rings. The van der Waals surface area contributed by atoms with E-state index >= 15 is 0 Å². The standard InChI is InChI=1S/C12H21N5O3S/c1-3-9-10(13)11(15-14-9)12(18)17-6-4-5-8(7-17)16-21(2,19)20/h8,16H,3-7,13H2,1-2H3,(H,14,15). The number of H-pyrrole nitrogens is 1. The van der Waals surface area contributed by atoms with Crippen molar-refractivity contribution < 1.29 is 13.2 Å². The summed E-state index contributed by atoms with van der Waals surface area (Å²) in [5, 5.41) is 6.74. The number of aromatic amines is 1. The summed E-state index contributed by atoms with van der Waals surface area (Å²) in [5.41, 5.74) is 7.23. The summed E-state index contributed by atoms with van der Waals surface area (Å²) in [6.45, 7) is 2.83. The molecule has 1 aliphatic heterocycles. The van der Waals surface area contributed by atoms with E-state index in [0.717, 1.165) is 18.4 Å². The highest BCUT2D eigenvalue weighted by molar-refractivity contribution is 7.88. The molecule has 4 N–H and O–H groups in total. The van der Waals surface area contributed by atoms with Crippen LogP contribution in [-0.4, -0.2) is 54.8 Å². The third kappa shape index (κ3) is 3.73. The lowest BCUT2D eigenvalue weighted by Gasteiger charge is -2.32. The van der Waals surface area contributed by atoms with Crippen molar-refractivity contribution in [3.63, 3.8) is 0 Å². The summed E-state index contributed by atoms with van der Waals surface area (Å²) in [6.07, 6.45) is 3.24. The zero-order valence-electron chi connectivity index (χ0n) is 12.2. The molecule has 0 aromatic carbocycles. The number of nitrogens with one attached hydrogen (secondary N) is 2. The lowest BCUT2D eigenvalue weighted by molar-refractivity contribution is 0.0698. The molecule has 118 valence electrons. The molecule has 0 bridgehead atoms. The molecule has 1 fully saturated rings. The monoisotopic (exact) mass is 315 g/mol. The number of aryl methyl sites for hydroxylation is 1. The molecule has 1 amide bonds. The van der Waals surface area contributed by atoms with E-state index < -0.39 is 10.0 Å². The third-order valence-electron chi connectivity index (χ3n) is 3.53. The SMILES string of the molecule is CCc1[nH]nc(C(=O)N2CCCC(NS(C)(=O)=O)C2)c1N. The van der Waals surface area contributed by atoms with E-state index in [4.69, 9.17) is 5.73 Å². The van der Waals surface area contributed by atoms with Crippen LogP contribution in [0.5, 0.6) is 0 Å². The van der Waals surface area contributed by atoms with Gasteiger partial charge in [-0.3, -0.25) is 9.89 Å². The van der Waals surface area contributed by atoms with Gasteiger partial charge in [-0.05, 0) is 19.3 Å². The normalized spacial score (nSPS) is 19.7. The Bertz CT molecular complexity index is 625. The lowest BCUT2D eigenvalue weighted by atomic mass is 10.1. The molecule has 1 aromatic rings. The molecule has 0 radical (unpaired) electrons. The summed E-state index contributed by atoms with van der Waals surface area (Å²) in [5.74, 6) is -0.261. The number of rotatable bonds is 4. The van der Waals surface area contributed by atoms with Crippen molar-refractivity contribution in [2.45, 2.75) is 32.2 Å². The van der Waals surface area contributed by atoms with Gasteiger partial charge in [0.25, 0.3) is 5.91 Å². The van der Waals surface area contributed by atoms with E-state index in [1.807, 2.05) is 6.92 Å². The molecule has 0 spiro atoms. The van der Waals surface area contributed by atoms with Crippen LogP contribution in [-0.2, 0) is 16.4 Å². The van der Waals surface area contributed by atoms with Gasteiger partial charge >= 0.3 is 0 Å². The summed E-state index contributed by atoms with van der Waals surface area (Å²) in [6, 6.07) is -0.261. The average molecular weight is 315 g/mol. The first kappa shape index (κ1) is 15.8. The Morgan fingerprint density at radius 2 is 2.29 bits per heavy atom. The summed E-state index contributed by atoms with van der Waals surface area (Å²) in [7, 11) is -3.28. The van der Waals surface area contributed by atoms with E-state index in [1.54, 1.807) is 4.90 Å². The minimum Gasteiger partial charge on any atom is -0.395 e. The van der Waals surface area contributed by atoms with Crippen LogP contribution in [0, 0.1) is 0 Å². The van der Waals surface area contributed by atoms with Gasteiger partial charge in [-0.1, -0.05) is 6.92 Å². The number of hydrogen-bond donors (Lipinski definition) is 3. The van der Waals surface area contributed by atoms with Crippen molar-refractivity contribution in [1.29, 1.82) is 0 Å². The van der Waals surface area contributed by atoms with Crippen LogP contribution in [0.1, 0.15) is 35.9 Å². The van der Waals surface area contributed by atoms with Crippen molar-refractivity contribution >= 4 is 21.6 Å². The zero-order chi connectivity index (χ0) is 15.6. The quantitative estimate of drug-likeness (QED) is 0.705. The number of nitrogens with zero attached hydrogens (tertiary/aromatic N) is 2. The molecule has 2 rings (SSSR count). The van der Waals surface area contributed by atoms with Gasteiger partial charge in [-0.25, -0.2) is 13.1 Å². The van der Waals surface area contributed by atoms with Crippen LogP contribution in [0.3, 0.4) is 0 Å². The number of nitrogens with two attached hydrogens (primary N) is 1. The fourth-order valence-electron chi connectivity index (χ4n) is 2.53. The van der Waals surface area contributed by atoms with Gasteiger partial charge in [0.05, 0.1) is 17.6 Å². The van der Waals surface area contributed by atoms with Crippen molar-refractivity contribution in [1.82, 2.24) is 19.8 Å². The number of nitrogen functional groups attached to an aromatic ring is 1. The minimum atomic E-state index is -3.28. The first-order chi connectivity index (χ1) is 9.81. The van der Waals surface area contributed by atoms with E-state index in [0.29, 0.717) is 31.6 Å². The zero-order valence-corrected chi connectivity index (χ0v) is 13.0. The Kier molecular flexibility index (Phi) is 4.52. The molecule has 1 aromatic heterocycles. The Morgan fingerprint density at radius 3 is 2.86 bits per heavy atom. The number of carbonyl (C=O) groups excluding carboxylic acids is 1. The fraction of sp³-hybridized carbons (Fsp3) is 0.667. The van der Waals surface area contributed by atoms with Crippen LogP contribution >= 0.6 is 0 Å². The molecule has 9 heteroatoms. The number of hydrogen-bond acceptors (Lipinski definition) is 5. The molecule has 2 heterocycles. The fourth-order valence-corrected chi connectivity index (χ4v) is 3.33. The molecule has 1 saturated heterocycles. The maximum atomic E-state index is 12.4. The van der Waals surface area contributed by atoms with Gasteiger partial charge in [0.15, 0.2) is 5.69 Å². The maximum absolute atomic E-state index is 12.4. The number of likely N-dealkylation sites (tertiary alicyclic amines) is 1. The number of piperidine rings is 1. The molecule has 0 aliphatic carbocycles. The van der Waals surface area contributed by atoms with E-state index in [1.165, 1.54) is 0 Å². The first-order valence-corrected chi connectivity index (χ1v) is 8.80. The second-order valence-corrected chi connectivity index (χ2v) is 7.08. The Hall–Kier alpha value is -1.61. The first-order valence-electron chi connectivity index (χ1n) is 6.91. The predicted octanol–water partition coefficient (Wildman–Crippen LogP) is -0.292. The number of sulfonamides is 1. The van der Waals surface area contributed by atoms with Crippen LogP contribution < -0.4 is 10.5 Å². The summed E-state index contributed by atoms with van der Waals surface area (Å²) >= 11 is 0. The Morgan fingerprint density at radius 1 is 1.57 bits per heavy atom. The lowest BCUT2D eigenvalue weighted by Crippen LogP contribution is -2.49. The molecular weight excluding hydrogens is 294 g/mol. The minimum absolute atomic E-state index is 0.215. The second kappa shape index (κ2) is 6.02. The third-order valence-corrected chi connectivity index (χ3v) is 4.29. The van der Waals surface area contributed by atoms with Crippen LogP contribution in [0.15, 0.2) is 0 Å². The van der Waals surface area contributed by atoms with Crippen molar-refractivity contribution in [2.24, 2.45) is 0 Å². The molecule has 1 unspecified atom stereocenters. The number of aromatic nitrogens is 2. The average Bonchev–Trinajstić information content (AvgIpc) is 2.77. The van der Waals surface area contributed by atoms with Crippen LogP contribution in [0.2, 0.25) is 0 Å². The smallest absolute Gasteiger partial charge is 0.276 e. The van der Waals surface area contributed by atoms with Crippen LogP contribution in [0.4, 0.5) is 5.69 Å². The van der Waals surface area contributed by atoms with Crippen molar-refractivity contribution in [3.05, 3.63) is 11.4 Å². The topological polar surface area (TPSA) is 121 Å². The largest absolute Gasteiger partial charge is 0.395 e. The van der Waals surface area contributed by atoms with Gasteiger partial charge in [0.1, 0.15) is 0 Å². The van der Waals surface area contributed by atoms with Gasteiger partial charge in [-0.15, -0.1) is 0 Å². The highest BCUT2D eigenvalue weighted by Gasteiger charge is 2.28. The highest BCUT2D eigenvalue weighted by atomic mass is 32.2. The molecule has 1 atom stereocenters. The van der Waals surface area contributed by atoms with E-state index in [9.17, 15) is 13.2 Å². The van der Waals surface area contributed by atoms with Gasteiger partial charge in [-0.2, -0.15) is 5.10 Å². The number of carbonyl (C=O) groups is 1. The second-order valence-electron chi connectivity index (χ2n) is 5.30. The number of amides is 1. The Labute approximate surface area is 124 Å². The summed E-state index contributed by atoms with van der Waals surface area (Å²) < 4.78 is 25.1. The van der Waals surface area contributed by atoms with Crippen LogP contribution in [0.25, 0.3) is 0 Å². The van der Waals surface area contributed by atoms with Gasteiger partial charge < -0.3 is 10.6 Å². The number of anilines is 1. The van der Waals surface area contributed by atoms with Crippen molar-refractivity contribution in [2.75, 3.05) is 25.1 Å². The Balaban J connectivity index is 2.10. The van der Waals surface area contributed by atoms with Gasteiger partial charge in [0, 0.05) is 19.1 Å². The molecular formula is C12H21N5O3S. The van der Waals surface area contributed by atoms with E-state index in [-0.39, 0.29) is 17.6 Å². The molecule has 21 heavy (non-hydrogen) atoms. The molecule has 0 saturated carbocycles. The molecule has 8 nitrogen and oxygen atoms in total. The van der Waals surface area contributed by atoms with Crippen molar-refractivity contribution in [3.8, 4) is 0 Å². The van der Waals surface area contributed by atoms with Gasteiger partial charge in [0.2, 0.25) is 10.0 Å². The predicted molar refractivity (Wildman–Crippen MR) is 79.3 cm³/mol. The van der Waals surface area contributed by atoms with E-state index in [2.05, 4.69) is 14.9 Å². The maximum Gasteiger partial charge on any atom is 0.276 e.